The molecule has 0 aromatic carbocycles. The summed E-state index contributed by atoms with van der Waals surface area (Å²) in [5.41, 5.74) is 10.5. The minimum atomic E-state index is 0.649. The van der Waals surface area contributed by atoms with Crippen LogP contribution in [0.15, 0.2) is 23.8 Å². The Labute approximate surface area is 59.5 Å². The van der Waals surface area contributed by atoms with Crippen molar-refractivity contribution in [3.8, 4) is 0 Å². The summed E-state index contributed by atoms with van der Waals surface area (Å²) in [6.07, 6.45) is 8.28. The molecule has 1 fully saturated rings. The first-order valence-electron chi connectivity index (χ1n) is 3.50. The smallest absolute Gasteiger partial charge is 0.296 e. The van der Waals surface area contributed by atoms with Gasteiger partial charge in [-0.3, -0.25) is 0 Å². The van der Waals surface area contributed by atoms with Crippen LogP contribution in [-0.2, 0) is 0 Å². The maximum atomic E-state index is 8.45. The molecule has 0 bridgehead atoms. The fourth-order valence-electron chi connectivity index (χ4n) is 1.52. The summed E-state index contributed by atoms with van der Waals surface area (Å²) in [4.78, 5) is 3.19. The molecule has 0 amide bonds. The van der Waals surface area contributed by atoms with Crippen molar-refractivity contribution < 1.29 is 4.79 Å². The maximum absolute atomic E-state index is 8.45. The molecule has 0 spiro atoms. The van der Waals surface area contributed by atoms with Crippen LogP contribution in [0.1, 0.15) is 12.8 Å². The lowest BCUT2D eigenvalue weighted by atomic mass is 9.73. The fourth-order valence-corrected chi connectivity index (χ4v) is 1.52. The molecule has 0 aromatic heterocycles. The van der Waals surface area contributed by atoms with Gasteiger partial charge in [-0.2, -0.15) is 4.79 Å². The van der Waals surface area contributed by atoms with E-state index >= 15 is 0 Å². The second-order valence-electron chi connectivity index (χ2n) is 2.73. The SMILES string of the molecule is [N-]=[N+]=C1CC2CC=CC=C12. The van der Waals surface area contributed by atoms with Crippen LogP contribution in [0.2, 0.25) is 0 Å². The Bertz CT molecular complexity index is 267. The van der Waals surface area contributed by atoms with E-state index in [-0.39, 0.29) is 0 Å². The van der Waals surface area contributed by atoms with Gasteiger partial charge in [0.15, 0.2) is 0 Å². The van der Waals surface area contributed by atoms with E-state index in [9.17, 15) is 0 Å². The minimum Gasteiger partial charge on any atom is -0.361 e. The molecule has 0 saturated heterocycles. The lowest BCUT2D eigenvalue weighted by Gasteiger charge is -2.25. The lowest BCUT2D eigenvalue weighted by molar-refractivity contribution is -0.0140. The van der Waals surface area contributed by atoms with Crippen LogP contribution in [0.5, 0.6) is 0 Å². The van der Waals surface area contributed by atoms with Crippen molar-refractivity contribution in [3.63, 3.8) is 0 Å². The van der Waals surface area contributed by atoms with Gasteiger partial charge in [-0.25, -0.2) is 0 Å². The van der Waals surface area contributed by atoms with E-state index in [1.165, 1.54) is 5.57 Å². The second kappa shape index (κ2) is 1.93. The lowest BCUT2D eigenvalue weighted by Crippen LogP contribution is -2.29. The highest BCUT2D eigenvalue weighted by Gasteiger charge is 2.37. The summed E-state index contributed by atoms with van der Waals surface area (Å²) in [7, 11) is 0. The average molecular weight is 132 g/mol. The molecule has 0 aliphatic heterocycles. The Hall–Kier alpha value is -1.14. The van der Waals surface area contributed by atoms with Gasteiger partial charge in [0.05, 0.1) is 6.42 Å². The first-order chi connectivity index (χ1) is 4.92. The molecular formula is C8H8N2. The van der Waals surface area contributed by atoms with Gasteiger partial charge in [-0.15, -0.1) is 0 Å². The van der Waals surface area contributed by atoms with Crippen molar-refractivity contribution in [2.75, 3.05) is 0 Å². The summed E-state index contributed by atoms with van der Waals surface area (Å²) < 4.78 is 0. The van der Waals surface area contributed by atoms with Gasteiger partial charge in [-0.1, -0.05) is 18.2 Å². The van der Waals surface area contributed by atoms with E-state index < -0.39 is 0 Å². The van der Waals surface area contributed by atoms with E-state index in [1.54, 1.807) is 0 Å². The zero-order valence-electron chi connectivity index (χ0n) is 5.62. The molecular weight excluding hydrogens is 124 g/mol. The van der Waals surface area contributed by atoms with Crippen molar-refractivity contribution in [2.24, 2.45) is 5.92 Å². The highest BCUT2D eigenvalue weighted by molar-refractivity contribution is 6.03. The number of hydrogen-bond acceptors (Lipinski definition) is 0. The van der Waals surface area contributed by atoms with Crippen LogP contribution in [0.25, 0.3) is 5.53 Å². The first kappa shape index (κ1) is 5.63. The highest BCUT2D eigenvalue weighted by atomic mass is 14.9. The Morgan fingerprint density at radius 1 is 1.60 bits per heavy atom. The van der Waals surface area contributed by atoms with Crippen molar-refractivity contribution in [1.29, 1.82) is 0 Å². The predicted molar refractivity (Wildman–Crippen MR) is 38.6 cm³/mol. The molecule has 2 aliphatic carbocycles. The van der Waals surface area contributed by atoms with Crippen LogP contribution in [0.4, 0.5) is 0 Å². The molecule has 0 aromatic rings. The third-order valence-electron chi connectivity index (χ3n) is 2.17. The summed E-state index contributed by atoms with van der Waals surface area (Å²) in [5, 5.41) is 0. The Kier molecular flexibility index (Phi) is 1.08. The molecule has 2 nitrogen and oxygen atoms in total. The molecule has 0 radical (unpaired) electrons. The number of fused-ring (bicyclic) bond motifs is 1. The van der Waals surface area contributed by atoms with Gasteiger partial charge < -0.3 is 5.53 Å². The predicted octanol–water partition coefficient (Wildman–Crippen LogP) is 1.56. The quantitative estimate of drug-likeness (QED) is 0.354. The Balaban J connectivity index is 2.35. The molecule has 2 heteroatoms. The maximum Gasteiger partial charge on any atom is 0.296 e. The average Bonchev–Trinajstić information content (AvgIpc) is 1.92. The summed E-state index contributed by atoms with van der Waals surface area (Å²) in [6.45, 7) is 0. The van der Waals surface area contributed by atoms with Crippen molar-refractivity contribution >= 4 is 5.71 Å². The monoisotopic (exact) mass is 132 g/mol. The zero-order chi connectivity index (χ0) is 6.97. The second-order valence-corrected chi connectivity index (χ2v) is 2.73. The highest BCUT2D eigenvalue weighted by Crippen LogP contribution is 2.35. The standard InChI is InChI=1S/C8H8N2/c9-10-8-5-6-3-1-2-4-7(6)8/h1-2,4,6H,3,5H2. The first-order valence-corrected chi connectivity index (χ1v) is 3.50. The third-order valence-corrected chi connectivity index (χ3v) is 2.17. The summed E-state index contributed by atoms with van der Waals surface area (Å²) in [6, 6.07) is 0. The van der Waals surface area contributed by atoms with E-state index in [2.05, 4.69) is 10.9 Å². The molecule has 1 saturated carbocycles. The topological polar surface area (TPSA) is 36.4 Å². The van der Waals surface area contributed by atoms with Crippen molar-refractivity contribution in [2.45, 2.75) is 12.8 Å². The van der Waals surface area contributed by atoms with Gasteiger partial charge in [-0.05, 0) is 6.42 Å². The van der Waals surface area contributed by atoms with Crippen LogP contribution < -0.4 is 0 Å². The minimum absolute atomic E-state index is 0.649. The van der Waals surface area contributed by atoms with Crippen LogP contribution in [0.3, 0.4) is 0 Å². The van der Waals surface area contributed by atoms with Gasteiger partial charge in [0.2, 0.25) is 0 Å². The van der Waals surface area contributed by atoms with Gasteiger partial charge >= 0.3 is 0 Å². The van der Waals surface area contributed by atoms with Gasteiger partial charge in [0.25, 0.3) is 5.71 Å². The molecule has 2 aliphatic rings. The molecule has 1 atom stereocenters. The molecule has 10 heavy (non-hydrogen) atoms. The number of nitrogens with zero attached hydrogens (tertiary/aromatic N) is 2. The fraction of sp³-hybridized carbons (Fsp3) is 0.375. The zero-order valence-corrected chi connectivity index (χ0v) is 5.62. The van der Waals surface area contributed by atoms with E-state index in [0.29, 0.717) is 5.92 Å². The van der Waals surface area contributed by atoms with Crippen LogP contribution in [-0.4, -0.2) is 10.5 Å². The molecule has 50 valence electrons. The number of rotatable bonds is 0. The van der Waals surface area contributed by atoms with E-state index in [1.807, 2.05) is 12.2 Å². The summed E-state index contributed by atoms with van der Waals surface area (Å²) >= 11 is 0. The third kappa shape index (κ3) is 0.597. The van der Waals surface area contributed by atoms with E-state index in [4.69, 9.17) is 5.53 Å². The number of hydrogen-bond donors (Lipinski definition) is 0. The molecule has 0 heterocycles. The number of allylic oxidation sites excluding steroid dienone is 4. The largest absolute Gasteiger partial charge is 0.361 e. The Morgan fingerprint density at radius 2 is 2.50 bits per heavy atom. The normalized spacial score (nSPS) is 28.2. The van der Waals surface area contributed by atoms with Gasteiger partial charge in [0.1, 0.15) is 0 Å². The van der Waals surface area contributed by atoms with Crippen LogP contribution in [0, 0.1) is 5.92 Å². The van der Waals surface area contributed by atoms with Crippen LogP contribution >= 0.6 is 0 Å². The molecule has 1 unspecified atom stereocenters. The van der Waals surface area contributed by atoms with Crippen molar-refractivity contribution in [3.05, 3.63) is 29.3 Å². The summed E-state index contributed by atoms with van der Waals surface area (Å²) in [5.74, 6) is 0.649. The Morgan fingerprint density at radius 3 is 3.20 bits per heavy atom. The van der Waals surface area contributed by atoms with E-state index in [0.717, 1.165) is 18.6 Å². The molecule has 2 rings (SSSR count). The molecule has 0 N–H and O–H groups in total. The van der Waals surface area contributed by atoms with Crippen molar-refractivity contribution in [1.82, 2.24) is 0 Å². The van der Waals surface area contributed by atoms with Gasteiger partial charge in [0, 0.05) is 11.5 Å².